The molecule has 0 aliphatic carbocycles. The Bertz CT molecular complexity index is 1080. The van der Waals surface area contributed by atoms with Crippen molar-refractivity contribution in [2.24, 2.45) is 0 Å². The van der Waals surface area contributed by atoms with Crippen molar-refractivity contribution in [2.45, 2.75) is 37.1 Å². The van der Waals surface area contributed by atoms with Gasteiger partial charge in [-0.1, -0.05) is 18.6 Å². The molecule has 4 rings (SSSR count). The van der Waals surface area contributed by atoms with Crippen molar-refractivity contribution in [2.75, 3.05) is 13.1 Å². The van der Waals surface area contributed by atoms with Crippen molar-refractivity contribution in [3.05, 3.63) is 58.8 Å². The summed E-state index contributed by atoms with van der Waals surface area (Å²) in [7, 11) is -3.44. The van der Waals surface area contributed by atoms with Gasteiger partial charge < -0.3 is 9.73 Å². The molecular formula is C21H23N3O4S2. The molecule has 158 valence electrons. The minimum absolute atomic E-state index is 0.129. The van der Waals surface area contributed by atoms with Crippen LogP contribution < -0.4 is 5.32 Å². The Hall–Kier alpha value is -2.49. The third-order valence-electron chi connectivity index (χ3n) is 5.01. The predicted molar refractivity (Wildman–Crippen MR) is 114 cm³/mol. The first-order valence-corrected chi connectivity index (χ1v) is 12.2. The lowest BCUT2D eigenvalue weighted by Crippen LogP contribution is -2.35. The number of hydrogen-bond donors (Lipinski definition) is 1. The number of aromatic nitrogens is 1. The monoisotopic (exact) mass is 445 g/mol. The number of thiazole rings is 1. The maximum Gasteiger partial charge on any atom is 0.243 e. The number of hydrogen-bond acceptors (Lipinski definition) is 6. The van der Waals surface area contributed by atoms with Gasteiger partial charge in [0.05, 0.1) is 29.8 Å². The molecule has 1 fully saturated rings. The number of piperidine rings is 1. The average molecular weight is 446 g/mol. The number of rotatable bonds is 7. The van der Waals surface area contributed by atoms with Crippen LogP contribution in [0.25, 0.3) is 11.3 Å². The molecule has 3 aromatic rings. The zero-order valence-corrected chi connectivity index (χ0v) is 18.0. The Morgan fingerprint density at radius 3 is 2.60 bits per heavy atom. The molecule has 30 heavy (non-hydrogen) atoms. The highest BCUT2D eigenvalue weighted by Gasteiger charge is 2.25. The summed E-state index contributed by atoms with van der Waals surface area (Å²) in [4.78, 5) is 16.9. The highest BCUT2D eigenvalue weighted by molar-refractivity contribution is 7.89. The van der Waals surface area contributed by atoms with Crippen LogP contribution in [0.5, 0.6) is 0 Å². The van der Waals surface area contributed by atoms with E-state index in [1.165, 1.54) is 11.3 Å². The molecule has 0 atom stereocenters. The van der Waals surface area contributed by atoms with Crippen LogP contribution in [0.3, 0.4) is 0 Å². The first kappa shape index (κ1) is 20.8. The summed E-state index contributed by atoms with van der Waals surface area (Å²) in [5, 5.41) is 5.38. The number of amides is 1. The zero-order chi connectivity index (χ0) is 21.0. The summed E-state index contributed by atoms with van der Waals surface area (Å²) in [6, 6.07) is 10.4. The van der Waals surface area contributed by atoms with Gasteiger partial charge in [0.25, 0.3) is 0 Å². The van der Waals surface area contributed by atoms with Gasteiger partial charge >= 0.3 is 0 Å². The molecule has 1 N–H and O–H groups in total. The molecule has 3 heterocycles. The van der Waals surface area contributed by atoms with Crippen molar-refractivity contribution in [1.29, 1.82) is 0 Å². The third kappa shape index (κ3) is 4.80. The average Bonchev–Trinajstić information content (AvgIpc) is 3.45. The number of nitrogens with one attached hydrogen (secondary N) is 1. The quantitative estimate of drug-likeness (QED) is 0.601. The molecule has 1 saturated heterocycles. The predicted octanol–water partition coefficient (Wildman–Crippen LogP) is 3.44. The van der Waals surface area contributed by atoms with E-state index < -0.39 is 10.0 Å². The summed E-state index contributed by atoms with van der Waals surface area (Å²) < 4.78 is 32.3. The van der Waals surface area contributed by atoms with Crippen molar-refractivity contribution >= 4 is 27.3 Å². The van der Waals surface area contributed by atoms with Gasteiger partial charge in [-0.05, 0) is 37.1 Å². The van der Waals surface area contributed by atoms with Crippen LogP contribution in [0.15, 0.2) is 57.4 Å². The lowest BCUT2D eigenvalue weighted by molar-refractivity contribution is -0.120. The number of nitrogens with zero attached hydrogens (tertiary/aromatic N) is 2. The third-order valence-corrected chi connectivity index (χ3v) is 7.77. The van der Waals surface area contributed by atoms with Gasteiger partial charge in [-0.2, -0.15) is 4.31 Å². The molecule has 0 bridgehead atoms. The molecule has 0 radical (unpaired) electrons. The molecule has 0 spiro atoms. The van der Waals surface area contributed by atoms with Crippen LogP contribution in [-0.4, -0.2) is 36.7 Å². The molecule has 7 nitrogen and oxygen atoms in total. The fraction of sp³-hybridized carbons (Fsp3) is 0.333. The summed E-state index contributed by atoms with van der Waals surface area (Å²) in [5.41, 5.74) is 1.56. The topological polar surface area (TPSA) is 92.5 Å². The lowest BCUT2D eigenvalue weighted by Gasteiger charge is -2.25. The van der Waals surface area contributed by atoms with E-state index in [0.29, 0.717) is 35.3 Å². The first-order valence-electron chi connectivity index (χ1n) is 9.86. The van der Waals surface area contributed by atoms with E-state index in [0.717, 1.165) is 30.5 Å². The maximum atomic E-state index is 12.8. The molecule has 0 unspecified atom stereocenters. The minimum Gasteiger partial charge on any atom is -0.467 e. The molecule has 1 amide bonds. The van der Waals surface area contributed by atoms with Crippen LogP contribution in [0.4, 0.5) is 0 Å². The van der Waals surface area contributed by atoms with Gasteiger partial charge in [0, 0.05) is 24.0 Å². The Balaban J connectivity index is 1.39. The number of benzene rings is 1. The van der Waals surface area contributed by atoms with Crippen LogP contribution >= 0.6 is 11.3 Å². The van der Waals surface area contributed by atoms with Crippen LogP contribution in [0.1, 0.15) is 30.0 Å². The highest BCUT2D eigenvalue weighted by atomic mass is 32.2. The molecule has 1 aliphatic heterocycles. The molecular weight excluding hydrogens is 422 g/mol. The Labute approximate surface area is 179 Å². The van der Waals surface area contributed by atoms with E-state index in [9.17, 15) is 13.2 Å². The minimum atomic E-state index is -3.44. The second-order valence-corrected chi connectivity index (χ2v) is 10.0. The zero-order valence-electron chi connectivity index (χ0n) is 16.4. The highest BCUT2D eigenvalue weighted by Crippen LogP contribution is 2.26. The molecule has 1 aromatic carbocycles. The SMILES string of the molecule is O=C(Cc1nc(-c2ccc(S(=O)(=O)N3CCCCC3)cc2)cs1)NCc1ccco1. The van der Waals surface area contributed by atoms with Gasteiger partial charge in [-0.3, -0.25) is 4.79 Å². The van der Waals surface area contributed by atoms with E-state index in [1.54, 1.807) is 47.0 Å². The Kier molecular flexibility index (Phi) is 6.31. The van der Waals surface area contributed by atoms with Gasteiger partial charge in [0.2, 0.25) is 15.9 Å². The van der Waals surface area contributed by atoms with Gasteiger partial charge in [0.15, 0.2) is 0 Å². The molecule has 1 aliphatic rings. The van der Waals surface area contributed by atoms with E-state index in [1.807, 2.05) is 5.38 Å². The number of furan rings is 1. The van der Waals surface area contributed by atoms with E-state index in [-0.39, 0.29) is 12.3 Å². The Morgan fingerprint density at radius 1 is 1.13 bits per heavy atom. The smallest absolute Gasteiger partial charge is 0.243 e. The fourth-order valence-corrected chi connectivity index (χ4v) is 5.69. The second kappa shape index (κ2) is 9.11. The Morgan fingerprint density at radius 2 is 1.90 bits per heavy atom. The van der Waals surface area contributed by atoms with Gasteiger partial charge in [-0.25, -0.2) is 13.4 Å². The van der Waals surface area contributed by atoms with Crippen LogP contribution in [0.2, 0.25) is 0 Å². The van der Waals surface area contributed by atoms with Crippen molar-refractivity contribution < 1.29 is 17.6 Å². The van der Waals surface area contributed by atoms with E-state index in [2.05, 4.69) is 10.3 Å². The largest absolute Gasteiger partial charge is 0.467 e. The lowest BCUT2D eigenvalue weighted by atomic mass is 10.2. The number of sulfonamides is 1. The fourth-order valence-electron chi connectivity index (χ4n) is 3.38. The van der Waals surface area contributed by atoms with Gasteiger partial charge in [0.1, 0.15) is 10.8 Å². The summed E-state index contributed by atoms with van der Waals surface area (Å²) in [6.07, 6.45) is 4.66. The number of carbonyl (C=O) groups excluding carboxylic acids is 1. The van der Waals surface area contributed by atoms with Crippen molar-refractivity contribution in [3.8, 4) is 11.3 Å². The molecule has 9 heteroatoms. The van der Waals surface area contributed by atoms with Crippen molar-refractivity contribution in [3.63, 3.8) is 0 Å². The summed E-state index contributed by atoms with van der Waals surface area (Å²) in [6.45, 7) is 1.51. The normalized spacial score (nSPS) is 15.2. The van der Waals surface area contributed by atoms with Crippen LogP contribution in [0, 0.1) is 0 Å². The molecule has 0 saturated carbocycles. The first-order chi connectivity index (χ1) is 14.5. The van der Waals surface area contributed by atoms with E-state index >= 15 is 0 Å². The molecule has 2 aromatic heterocycles. The maximum absolute atomic E-state index is 12.8. The summed E-state index contributed by atoms with van der Waals surface area (Å²) in [5.74, 6) is 0.568. The standard InChI is InChI=1S/C21H23N3O4S2/c25-20(22-14-17-5-4-12-28-17)13-21-23-19(15-29-21)16-6-8-18(9-7-16)30(26,27)24-10-2-1-3-11-24/h4-9,12,15H,1-3,10-11,13-14H2,(H,22,25). The number of carbonyl (C=O) groups is 1. The van der Waals surface area contributed by atoms with E-state index in [4.69, 9.17) is 4.42 Å². The van der Waals surface area contributed by atoms with Gasteiger partial charge in [-0.15, -0.1) is 11.3 Å². The van der Waals surface area contributed by atoms with Crippen LogP contribution in [-0.2, 0) is 27.8 Å². The second-order valence-electron chi connectivity index (χ2n) is 7.15. The van der Waals surface area contributed by atoms with Crippen molar-refractivity contribution in [1.82, 2.24) is 14.6 Å². The summed E-state index contributed by atoms with van der Waals surface area (Å²) >= 11 is 1.41.